The van der Waals surface area contributed by atoms with Gasteiger partial charge in [0, 0.05) is 11.5 Å². The number of likely N-dealkylation sites (N-methyl/N-ethyl adjacent to an activating group) is 1. The van der Waals surface area contributed by atoms with E-state index in [9.17, 15) is 14.4 Å². The van der Waals surface area contributed by atoms with E-state index < -0.39 is 29.6 Å². The number of benzene rings is 1. The fourth-order valence-corrected chi connectivity index (χ4v) is 2.62. The van der Waals surface area contributed by atoms with Gasteiger partial charge in [-0.1, -0.05) is 34.1 Å². The molecule has 0 fully saturated rings. The molecule has 0 heterocycles. The van der Waals surface area contributed by atoms with Crippen LogP contribution in [0.4, 0.5) is 4.79 Å². The number of carbonyl (C=O) groups is 3. The summed E-state index contributed by atoms with van der Waals surface area (Å²) >= 11 is 3.39. The minimum Gasteiger partial charge on any atom is -0.465 e. The lowest BCUT2D eigenvalue weighted by Crippen LogP contribution is -2.44. The Morgan fingerprint density at radius 1 is 1.23 bits per heavy atom. The molecule has 0 saturated carbocycles. The van der Waals surface area contributed by atoms with Crippen molar-refractivity contribution in [2.75, 3.05) is 20.2 Å². The number of hydrogen-bond donors (Lipinski definition) is 1. The van der Waals surface area contributed by atoms with Gasteiger partial charge < -0.3 is 19.7 Å². The van der Waals surface area contributed by atoms with Crippen molar-refractivity contribution < 1.29 is 23.9 Å². The summed E-state index contributed by atoms with van der Waals surface area (Å²) in [6.45, 7) is 6.89. The summed E-state index contributed by atoms with van der Waals surface area (Å²) in [5.41, 5.74) is -0.151. The van der Waals surface area contributed by atoms with Gasteiger partial charge in [0.05, 0.1) is 6.61 Å². The Bertz CT molecular complexity index is 657. The van der Waals surface area contributed by atoms with Crippen molar-refractivity contribution in [3.05, 3.63) is 34.3 Å². The van der Waals surface area contributed by atoms with E-state index in [1.54, 1.807) is 52.0 Å². The van der Waals surface area contributed by atoms with Gasteiger partial charge in [0.2, 0.25) is 5.91 Å². The molecule has 7 nitrogen and oxygen atoms in total. The maximum atomic E-state index is 12.9. The number of ether oxygens (including phenoxy) is 2. The number of nitrogens with one attached hydrogen (secondary N) is 1. The Kier molecular flexibility index (Phi) is 8.08. The first-order valence-electron chi connectivity index (χ1n) is 8.19. The number of halogens is 1. The molecule has 0 spiro atoms. The predicted octanol–water partition coefficient (Wildman–Crippen LogP) is 3.04. The van der Waals surface area contributed by atoms with Crippen LogP contribution in [0.1, 0.15) is 39.3 Å². The number of nitrogens with zero attached hydrogens (tertiary/aromatic N) is 1. The maximum Gasteiger partial charge on any atom is 0.408 e. The molecule has 0 saturated heterocycles. The Hall–Kier alpha value is -2.09. The van der Waals surface area contributed by atoms with Crippen molar-refractivity contribution in [1.82, 2.24) is 10.2 Å². The molecule has 2 amide bonds. The van der Waals surface area contributed by atoms with Crippen LogP contribution >= 0.6 is 15.9 Å². The predicted molar refractivity (Wildman–Crippen MR) is 101 cm³/mol. The minimum atomic E-state index is -1.01. The molecule has 0 aliphatic rings. The second-order valence-corrected chi connectivity index (χ2v) is 7.45. The third kappa shape index (κ3) is 7.03. The second-order valence-electron chi connectivity index (χ2n) is 6.60. The van der Waals surface area contributed by atoms with E-state index in [0.29, 0.717) is 10.0 Å². The number of hydrogen-bond acceptors (Lipinski definition) is 5. The summed E-state index contributed by atoms with van der Waals surface area (Å²) < 4.78 is 10.8. The lowest BCUT2D eigenvalue weighted by atomic mass is 10.1. The SMILES string of the molecule is CCOC(=O)CN(C)C(=O)C(NC(=O)OC(C)(C)C)c1ccccc1Br. The first-order valence-corrected chi connectivity index (χ1v) is 8.99. The van der Waals surface area contributed by atoms with Crippen LogP contribution in [0.2, 0.25) is 0 Å². The zero-order chi connectivity index (χ0) is 19.9. The third-order valence-corrected chi connectivity index (χ3v) is 3.89. The van der Waals surface area contributed by atoms with Crippen LogP contribution < -0.4 is 5.32 Å². The molecular weight excluding hydrogens is 404 g/mol. The molecule has 144 valence electrons. The molecule has 1 unspecified atom stereocenters. The summed E-state index contributed by atoms with van der Waals surface area (Å²) in [4.78, 5) is 37.9. The highest BCUT2D eigenvalue weighted by molar-refractivity contribution is 9.10. The fraction of sp³-hybridized carbons (Fsp3) is 0.500. The van der Waals surface area contributed by atoms with Crippen LogP contribution in [-0.2, 0) is 19.1 Å². The molecule has 1 aromatic carbocycles. The van der Waals surface area contributed by atoms with Gasteiger partial charge in [-0.05, 0) is 39.3 Å². The van der Waals surface area contributed by atoms with Crippen LogP contribution in [-0.4, -0.2) is 48.7 Å². The zero-order valence-electron chi connectivity index (χ0n) is 15.7. The maximum absolute atomic E-state index is 12.9. The number of alkyl carbamates (subject to hydrolysis) is 1. The summed E-state index contributed by atoms with van der Waals surface area (Å²) in [6.07, 6.45) is -0.726. The van der Waals surface area contributed by atoms with Crippen molar-refractivity contribution in [1.29, 1.82) is 0 Å². The normalized spacial score (nSPS) is 12.1. The molecule has 0 aliphatic heterocycles. The van der Waals surface area contributed by atoms with Gasteiger partial charge in [0.15, 0.2) is 0 Å². The summed E-state index contributed by atoms with van der Waals surface area (Å²) in [7, 11) is 1.47. The highest BCUT2D eigenvalue weighted by Gasteiger charge is 2.30. The van der Waals surface area contributed by atoms with Crippen LogP contribution in [0.25, 0.3) is 0 Å². The van der Waals surface area contributed by atoms with E-state index in [2.05, 4.69) is 21.2 Å². The average molecular weight is 429 g/mol. The molecule has 0 aliphatic carbocycles. The quantitative estimate of drug-likeness (QED) is 0.703. The highest BCUT2D eigenvalue weighted by atomic mass is 79.9. The van der Waals surface area contributed by atoms with Gasteiger partial charge in [-0.25, -0.2) is 4.79 Å². The van der Waals surface area contributed by atoms with Crippen LogP contribution in [0, 0.1) is 0 Å². The highest BCUT2D eigenvalue weighted by Crippen LogP contribution is 2.25. The standard InChI is InChI=1S/C18H25BrN2O5/c1-6-25-14(22)11-21(5)16(23)15(12-9-7-8-10-13(12)19)20-17(24)26-18(2,3)4/h7-10,15H,6,11H2,1-5H3,(H,20,24). The Morgan fingerprint density at radius 3 is 2.38 bits per heavy atom. The number of esters is 1. The van der Waals surface area contributed by atoms with Crippen molar-refractivity contribution in [3.63, 3.8) is 0 Å². The Labute approximate surface area is 162 Å². The number of carbonyl (C=O) groups excluding carboxylic acids is 3. The molecule has 0 aromatic heterocycles. The third-order valence-electron chi connectivity index (χ3n) is 3.17. The van der Waals surface area contributed by atoms with Gasteiger partial charge in [-0.15, -0.1) is 0 Å². The molecule has 1 rings (SSSR count). The molecule has 1 N–H and O–H groups in total. The van der Waals surface area contributed by atoms with Gasteiger partial charge in [-0.3, -0.25) is 9.59 Å². The van der Waals surface area contributed by atoms with E-state index >= 15 is 0 Å². The van der Waals surface area contributed by atoms with E-state index in [1.807, 2.05) is 0 Å². The van der Waals surface area contributed by atoms with Crippen molar-refractivity contribution in [2.24, 2.45) is 0 Å². The molecular formula is C18H25BrN2O5. The van der Waals surface area contributed by atoms with Crippen LogP contribution in [0.15, 0.2) is 28.7 Å². The monoisotopic (exact) mass is 428 g/mol. The van der Waals surface area contributed by atoms with E-state index in [0.717, 1.165) is 0 Å². The van der Waals surface area contributed by atoms with Crippen molar-refractivity contribution in [2.45, 2.75) is 39.3 Å². The minimum absolute atomic E-state index is 0.219. The first kappa shape index (κ1) is 22.0. The smallest absolute Gasteiger partial charge is 0.408 e. The van der Waals surface area contributed by atoms with Gasteiger partial charge in [0.1, 0.15) is 18.2 Å². The molecule has 26 heavy (non-hydrogen) atoms. The van der Waals surface area contributed by atoms with Crippen LogP contribution in [0.3, 0.4) is 0 Å². The molecule has 0 radical (unpaired) electrons. The van der Waals surface area contributed by atoms with Crippen molar-refractivity contribution >= 4 is 33.9 Å². The molecule has 1 aromatic rings. The Balaban J connectivity index is 3.04. The largest absolute Gasteiger partial charge is 0.465 e. The summed E-state index contributed by atoms with van der Waals surface area (Å²) in [5, 5.41) is 2.58. The van der Waals surface area contributed by atoms with Crippen LogP contribution in [0.5, 0.6) is 0 Å². The topological polar surface area (TPSA) is 84.9 Å². The summed E-state index contributed by atoms with van der Waals surface area (Å²) in [6, 6.07) is 6.01. The Morgan fingerprint density at radius 2 is 1.85 bits per heavy atom. The molecule has 0 bridgehead atoms. The van der Waals surface area contributed by atoms with E-state index in [4.69, 9.17) is 9.47 Å². The molecule has 8 heteroatoms. The second kappa shape index (κ2) is 9.56. The van der Waals surface area contributed by atoms with Gasteiger partial charge >= 0.3 is 12.1 Å². The number of rotatable bonds is 6. The number of amides is 2. The van der Waals surface area contributed by atoms with Gasteiger partial charge in [0.25, 0.3) is 0 Å². The zero-order valence-corrected chi connectivity index (χ0v) is 17.3. The van der Waals surface area contributed by atoms with E-state index in [1.165, 1.54) is 11.9 Å². The van der Waals surface area contributed by atoms with Crippen molar-refractivity contribution in [3.8, 4) is 0 Å². The lowest BCUT2D eigenvalue weighted by Gasteiger charge is -2.27. The molecule has 1 atom stereocenters. The first-order chi connectivity index (χ1) is 12.0. The van der Waals surface area contributed by atoms with E-state index in [-0.39, 0.29) is 13.2 Å². The lowest BCUT2D eigenvalue weighted by molar-refractivity contribution is -0.148. The summed E-state index contributed by atoms with van der Waals surface area (Å²) in [5.74, 6) is -0.984. The average Bonchev–Trinajstić information content (AvgIpc) is 2.51. The van der Waals surface area contributed by atoms with Gasteiger partial charge in [-0.2, -0.15) is 0 Å². The fourth-order valence-electron chi connectivity index (χ4n) is 2.11.